The summed E-state index contributed by atoms with van der Waals surface area (Å²) in [6.07, 6.45) is 3.80. The molecule has 3 N–H and O–H groups in total. The molecule has 0 spiro atoms. The highest BCUT2D eigenvalue weighted by molar-refractivity contribution is 8.00. The third-order valence-corrected chi connectivity index (χ3v) is 4.95. The van der Waals surface area contributed by atoms with Crippen LogP contribution in [0.15, 0.2) is 35.4 Å². The van der Waals surface area contributed by atoms with Crippen LogP contribution in [-0.2, 0) is 4.74 Å². The Labute approximate surface area is 122 Å². The number of fused-ring (bicyclic) bond motifs is 1. The number of pyridine rings is 1. The van der Waals surface area contributed by atoms with Crippen LogP contribution in [0.25, 0.3) is 10.9 Å². The smallest absolute Gasteiger partial charge is 0.125 e. The maximum absolute atomic E-state index is 7.77. The number of rotatable bonds is 3. The number of benzene rings is 1. The summed E-state index contributed by atoms with van der Waals surface area (Å²) in [6.45, 7) is 1.63. The zero-order chi connectivity index (χ0) is 13.9. The van der Waals surface area contributed by atoms with Crippen molar-refractivity contribution in [1.82, 2.24) is 4.98 Å². The minimum atomic E-state index is 0.0813. The van der Waals surface area contributed by atoms with Crippen LogP contribution >= 0.6 is 11.8 Å². The standard InChI is InChI=1S/C15H17N3OS/c16-15(17)12-9-18-13-4-2-1-3-11(13)14(12)20-10-5-7-19-8-6-10/h1-4,9-10H,5-8H2,(H3,16,17). The summed E-state index contributed by atoms with van der Waals surface area (Å²) in [6, 6.07) is 8.03. The second kappa shape index (κ2) is 5.81. The van der Waals surface area contributed by atoms with Crippen LogP contribution in [0, 0.1) is 5.41 Å². The van der Waals surface area contributed by atoms with Crippen LogP contribution in [0.3, 0.4) is 0 Å². The summed E-state index contributed by atoms with van der Waals surface area (Å²) in [5.41, 5.74) is 7.40. The number of hydrogen-bond acceptors (Lipinski definition) is 4. The molecule has 0 saturated carbocycles. The molecule has 1 aromatic heterocycles. The van der Waals surface area contributed by atoms with Gasteiger partial charge >= 0.3 is 0 Å². The van der Waals surface area contributed by atoms with E-state index in [0.29, 0.717) is 5.25 Å². The fourth-order valence-corrected chi connectivity index (χ4v) is 3.75. The molecule has 2 heterocycles. The number of para-hydroxylation sites is 1. The quantitative estimate of drug-likeness (QED) is 0.672. The van der Waals surface area contributed by atoms with Gasteiger partial charge in [-0.3, -0.25) is 10.4 Å². The second-order valence-electron chi connectivity index (χ2n) is 4.86. The maximum atomic E-state index is 7.77. The molecule has 5 heteroatoms. The number of aromatic nitrogens is 1. The summed E-state index contributed by atoms with van der Waals surface area (Å²) >= 11 is 1.81. The fourth-order valence-electron chi connectivity index (χ4n) is 2.40. The molecule has 1 fully saturated rings. The minimum absolute atomic E-state index is 0.0813. The van der Waals surface area contributed by atoms with E-state index in [4.69, 9.17) is 15.9 Å². The van der Waals surface area contributed by atoms with Gasteiger partial charge in [-0.1, -0.05) is 18.2 Å². The highest BCUT2D eigenvalue weighted by Crippen LogP contribution is 2.36. The monoisotopic (exact) mass is 287 g/mol. The van der Waals surface area contributed by atoms with Crippen LogP contribution in [0.1, 0.15) is 18.4 Å². The predicted molar refractivity (Wildman–Crippen MR) is 82.5 cm³/mol. The molecule has 4 nitrogen and oxygen atoms in total. The molecule has 1 aliphatic heterocycles. The van der Waals surface area contributed by atoms with Gasteiger partial charge in [0.2, 0.25) is 0 Å². The van der Waals surface area contributed by atoms with Crippen LogP contribution < -0.4 is 5.73 Å². The molecule has 104 valence electrons. The van der Waals surface area contributed by atoms with Crippen molar-refractivity contribution in [2.75, 3.05) is 13.2 Å². The number of nitrogens with zero attached hydrogens (tertiary/aromatic N) is 1. The Balaban J connectivity index is 2.04. The van der Waals surface area contributed by atoms with Gasteiger partial charge in [0, 0.05) is 40.5 Å². The number of thioether (sulfide) groups is 1. The van der Waals surface area contributed by atoms with Crippen molar-refractivity contribution in [2.45, 2.75) is 23.0 Å². The molecule has 0 amide bonds. The van der Waals surface area contributed by atoms with Crippen molar-refractivity contribution >= 4 is 28.5 Å². The summed E-state index contributed by atoms with van der Waals surface area (Å²) in [7, 11) is 0. The summed E-state index contributed by atoms with van der Waals surface area (Å²) < 4.78 is 5.41. The third kappa shape index (κ3) is 2.64. The van der Waals surface area contributed by atoms with E-state index in [2.05, 4.69) is 11.1 Å². The molecular formula is C15H17N3OS. The van der Waals surface area contributed by atoms with E-state index in [1.807, 2.05) is 30.0 Å². The van der Waals surface area contributed by atoms with E-state index >= 15 is 0 Å². The van der Waals surface area contributed by atoms with Crippen molar-refractivity contribution in [3.63, 3.8) is 0 Å². The van der Waals surface area contributed by atoms with Crippen LogP contribution in [0.5, 0.6) is 0 Å². The van der Waals surface area contributed by atoms with E-state index in [9.17, 15) is 0 Å². The average Bonchev–Trinajstić information content (AvgIpc) is 2.48. The Bertz CT molecular complexity index is 638. The Morgan fingerprint density at radius 1 is 1.30 bits per heavy atom. The minimum Gasteiger partial charge on any atom is -0.384 e. The summed E-state index contributed by atoms with van der Waals surface area (Å²) in [5, 5.41) is 9.37. The van der Waals surface area contributed by atoms with Crippen molar-refractivity contribution in [2.24, 2.45) is 5.73 Å². The first kappa shape index (κ1) is 13.4. The van der Waals surface area contributed by atoms with E-state index in [0.717, 1.165) is 47.4 Å². The van der Waals surface area contributed by atoms with Gasteiger partial charge in [-0.2, -0.15) is 0 Å². The highest BCUT2D eigenvalue weighted by atomic mass is 32.2. The first-order valence-corrected chi connectivity index (χ1v) is 7.60. The van der Waals surface area contributed by atoms with Gasteiger partial charge < -0.3 is 10.5 Å². The topological polar surface area (TPSA) is 72.0 Å². The lowest BCUT2D eigenvalue weighted by molar-refractivity contribution is 0.100. The maximum Gasteiger partial charge on any atom is 0.125 e. The van der Waals surface area contributed by atoms with Gasteiger partial charge in [-0.15, -0.1) is 11.8 Å². The highest BCUT2D eigenvalue weighted by Gasteiger charge is 2.19. The zero-order valence-corrected chi connectivity index (χ0v) is 12.0. The molecule has 3 rings (SSSR count). The van der Waals surface area contributed by atoms with Gasteiger partial charge in [0.25, 0.3) is 0 Å². The van der Waals surface area contributed by atoms with Crippen molar-refractivity contribution < 1.29 is 4.74 Å². The van der Waals surface area contributed by atoms with E-state index in [1.54, 1.807) is 6.20 Å². The Hall–Kier alpha value is -1.59. The van der Waals surface area contributed by atoms with Crippen molar-refractivity contribution in [3.05, 3.63) is 36.0 Å². The Morgan fingerprint density at radius 2 is 2.05 bits per heavy atom. The SMILES string of the molecule is N=C(N)c1cnc2ccccc2c1SC1CCOCC1. The van der Waals surface area contributed by atoms with Gasteiger partial charge in [-0.05, 0) is 18.9 Å². The van der Waals surface area contributed by atoms with E-state index in [1.165, 1.54) is 0 Å². The van der Waals surface area contributed by atoms with Crippen LogP contribution in [-0.4, -0.2) is 29.3 Å². The largest absolute Gasteiger partial charge is 0.384 e. The Kier molecular flexibility index (Phi) is 3.89. The summed E-state index contributed by atoms with van der Waals surface area (Å²) in [5.74, 6) is 0.0813. The predicted octanol–water partition coefficient (Wildman–Crippen LogP) is 2.79. The fraction of sp³-hybridized carbons (Fsp3) is 0.333. The van der Waals surface area contributed by atoms with Gasteiger partial charge in [-0.25, -0.2) is 0 Å². The first-order chi connectivity index (χ1) is 9.75. The zero-order valence-electron chi connectivity index (χ0n) is 11.1. The molecule has 2 aromatic rings. The van der Waals surface area contributed by atoms with E-state index in [-0.39, 0.29) is 5.84 Å². The van der Waals surface area contributed by atoms with Crippen molar-refractivity contribution in [3.8, 4) is 0 Å². The second-order valence-corrected chi connectivity index (χ2v) is 6.17. The third-order valence-electron chi connectivity index (χ3n) is 3.47. The molecule has 1 aromatic carbocycles. The number of nitrogens with one attached hydrogen (secondary N) is 1. The number of ether oxygens (including phenoxy) is 1. The lowest BCUT2D eigenvalue weighted by Crippen LogP contribution is -2.19. The molecule has 20 heavy (non-hydrogen) atoms. The lowest BCUT2D eigenvalue weighted by Gasteiger charge is -2.23. The number of hydrogen-bond donors (Lipinski definition) is 2. The molecule has 1 saturated heterocycles. The molecule has 0 aliphatic carbocycles. The van der Waals surface area contributed by atoms with Gasteiger partial charge in [0.1, 0.15) is 5.84 Å². The summed E-state index contributed by atoms with van der Waals surface area (Å²) in [4.78, 5) is 5.48. The molecule has 0 bridgehead atoms. The van der Waals surface area contributed by atoms with Crippen molar-refractivity contribution in [1.29, 1.82) is 5.41 Å². The normalized spacial score (nSPS) is 16.4. The molecular weight excluding hydrogens is 270 g/mol. The number of amidine groups is 1. The molecule has 0 unspecified atom stereocenters. The van der Waals surface area contributed by atoms with Gasteiger partial charge in [0.15, 0.2) is 0 Å². The Morgan fingerprint density at radius 3 is 2.80 bits per heavy atom. The van der Waals surface area contributed by atoms with Crippen LogP contribution in [0.4, 0.5) is 0 Å². The molecule has 0 atom stereocenters. The van der Waals surface area contributed by atoms with E-state index < -0.39 is 0 Å². The number of nitrogen functional groups attached to an aromatic ring is 1. The molecule has 1 aliphatic rings. The average molecular weight is 287 g/mol. The molecule has 0 radical (unpaired) electrons. The lowest BCUT2D eigenvalue weighted by atomic mass is 10.1. The van der Waals surface area contributed by atoms with Crippen LogP contribution in [0.2, 0.25) is 0 Å². The van der Waals surface area contributed by atoms with Gasteiger partial charge in [0.05, 0.1) is 5.52 Å². The number of nitrogens with two attached hydrogens (primary N) is 1. The first-order valence-electron chi connectivity index (χ1n) is 6.72.